The van der Waals surface area contributed by atoms with Gasteiger partial charge in [0.2, 0.25) is 0 Å². The van der Waals surface area contributed by atoms with Gasteiger partial charge in [-0.2, -0.15) is 0 Å². The predicted molar refractivity (Wildman–Crippen MR) is 123 cm³/mol. The van der Waals surface area contributed by atoms with Crippen molar-refractivity contribution >= 4 is 32.1 Å². The average Bonchev–Trinajstić information content (AvgIpc) is 3.27. The molecule has 0 amide bonds. The number of unbranched alkanes of at least 4 members (excludes halogenated alkanes) is 2. The first kappa shape index (κ1) is 19.2. The first-order valence-corrected chi connectivity index (χ1v) is 12.5. The van der Waals surface area contributed by atoms with Crippen molar-refractivity contribution in [3.8, 4) is 10.4 Å². The third kappa shape index (κ3) is 4.49. The molecule has 2 aromatic heterocycles. The van der Waals surface area contributed by atoms with Crippen molar-refractivity contribution in [2.45, 2.75) is 77.6 Å². The number of rotatable bonds is 7. The molecule has 1 aromatic carbocycles. The lowest BCUT2D eigenvalue weighted by Crippen LogP contribution is -2.12. The summed E-state index contributed by atoms with van der Waals surface area (Å²) in [5.74, 6) is 1.77. The zero-order valence-corrected chi connectivity index (χ0v) is 18.4. The van der Waals surface area contributed by atoms with Gasteiger partial charge in [-0.3, -0.25) is 0 Å². The van der Waals surface area contributed by atoms with Gasteiger partial charge in [-0.15, -0.1) is 22.7 Å². The lowest BCUT2D eigenvalue weighted by molar-refractivity contribution is 0.319. The minimum atomic E-state index is 0.791. The highest BCUT2D eigenvalue weighted by molar-refractivity contribution is 7.29. The summed E-state index contributed by atoms with van der Waals surface area (Å²) in [7, 11) is 0. The maximum atomic E-state index is 2.43. The van der Waals surface area contributed by atoms with Crippen LogP contribution in [0.1, 0.15) is 81.6 Å². The Balaban J connectivity index is 1.43. The molecule has 0 nitrogen and oxygen atoms in total. The van der Waals surface area contributed by atoms with Crippen molar-refractivity contribution in [1.29, 1.82) is 0 Å². The molecule has 0 atom stereocenters. The van der Waals surface area contributed by atoms with Crippen molar-refractivity contribution in [3.63, 3.8) is 0 Å². The number of aryl methyl sites for hydroxylation is 1. The molecule has 0 aliphatic heterocycles. The van der Waals surface area contributed by atoms with Crippen molar-refractivity contribution in [2.75, 3.05) is 0 Å². The Kier molecular flexibility index (Phi) is 6.35. The highest BCUT2D eigenvalue weighted by Crippen LogP contribution is 2.40. The minimum Gasteiger partial charge on any atom is -0.139 e. The summed E-state index contributed by atoms with van der Waals surface area (Å²) < 4.78 is 2.95. The molecule has 0 bridgehead atoms. The van der Waals surface area contributed by atoms with Crippen LogP contribution in [0.2, 0.25) is 0 Å². The molecule has 1 aliphatic carbocycles. The van der Waals surface area contributed by atoms with Crippen LogP contribution in [0.25, 0.3) is 19.8 Å². The van der Waals surface area contributed by atoms with E-state index in [0.717, 1.165) is 11.8 Å². The molecule has 2 heteroatoms. The maximum absolute atomic E-state index is 2.43. The molecular weight excluding hydrogens is 364 g/mol. The SMILES string of the molecule is CCCCCc1cc2sc(-c3ccc(C4CCC(CC)CC4)cc3)cc2s1. The third-order valence-corrected chi connectivity index (χ3v) is 8.78. The lowest BCUT2D eigenvalue weighted by atomic mass is 9.78. The number of fused-ring (bicyclic) bond motifs is 1. The molecule has 1 aliphatic rings. The Bertz CT molecular complexity index is 813. The second-order valence-corrected chi connectivity index (χ2v) is 10.5. The van der Waals surface area contributed by atoms with E-state index in [1.54, 1.807) is 10.4 Å². The van der Waals surface area contributed by atoms with Crippen LogP contribution < -0.4 is 0 Å². The van der Waals surface area contributed by atoms with E-state index in [0.29, 0.717) is 0 Å². The van der Waals surface area contributed by atoms with Gasteiger partial charge in [-0.1, -0.05) is 57.4 Å². The molecule has 0 saturated heterocycles. The van der Waals surface area contributed by atoms with Gasteiger partial charge in [-0.25, -0.2) is 0 Å². The van der Waals surface area contributed by atoms with Gasteiger partial charge >= 0.3 is 0 Å². The van der Waals surface area contributed by atoms with Crippen LogP contribution in [0.15, 0.2) is 36.4 Å². The normalized spacial score (nSPS) is 20.4. The van der Waals surface area contributed by atoms with Gasteiger partial charge in [0, 0.05) is 19.2 Å². The summed E-state index contributed by atoms with van der Waals surface area (Å²) in [6, 6.07) is 14.4. The Morgan fingerprint density at radius 2 is 1.59 bits per heavy atom. The number of hydrogen-bond donors (Lipinski definition) is 0. The van der Waals surface area contributed by atoms with Crippen LogP contribution >= 0.6 is 22.7 Å². The summed E-state index contributed by atoms with van der Waals surface area (Å²) in [4.78, 5) is 2.99. The zero-order valence-electron chi connectivity index (χ0n) is 16.8. The van der Waals surface area contributed by atoms with Crippen LogP contribution in [-0.2, 0) is 6.42 Å². The largest absolute Gasteiger partial charge is 0.139 e. The van der Waals surface area contributed by atoms with Gasteiger partial charge < -0.3 is 0 Å². The molecule has 1 saturated carbocycles. The van der Waals surface area contributed by atoms with Crippen LogP contribution in [-0.4, -0.2) is 0 Å². The molecule has 2 heterocycles. The number of hydrogen-bond acceptors (Lipinski definition) is 2. The molecule has 4 rings (SSSR count). The molecule has 0 spiro atoms. The van der Waals surface area contributed by atoms with E-state index in [2.05, 4.69) is 50.2 Å². The Hall–Kier alpha value is -1.12. The fraction of sp³-hybridized carbons (Fsp3) is 0.520. The Morgan fingerprint density at radius 1 is 0.852 bits per heavy atom. The second-order valence-electron chi connectivity index (χ2n) is 8.26. The van der Waals surface area contributed by atoms with Crippen LogP contribution in [0, 0.1) is 5.92 Å². The standard InChI is InChI=1S/C25H32S2/c1-3-5-6-7-22-16-24-25(26-22)17-23(27-24)21-14-12-20(13-15-21)19-10-8-18(4-2)9-11-19/h12-19H,3-11H2,1-2H3. The molecular formula is C25H32S2. The van der Waals surface area contributed by atoms with Crippen LogP contribution in [0.5, 0.6) is 0 Å². The van der Waals surface area contributed by atoms with Gasteiger partial charge in [0.05, 0.1) is 0 Å². The highest BCUT2D eigenvalue weighted by atomic mass is 32.1. The first-order chi connectivity index (χ1) is 13.3. The molecule has 3 aromatic rings. The lowest BCUT2D eigenvalue weighted by Gasteiger charge is -2.28. The van der Waals surface area contributed by atoms with Gasteiger partial charge in [-0.05, 0) is 73.6 Å². The van der Waals surface area contributed by atoms with E-state index in [1.165, 1.54) is 77.6 Å². The van der Waals surface area contributed by atoms with Gasteiger partial charge in [0.15, 0.2) is 0 Å². The van der Waals surface area contributed by atoms with Gasteiger partial charge in [0.25, 0.3) is 0 Å². The van der Waals surface area contributed by atoms with E-state index in [1.807, 2.05) is 22.7 Å². The molecule has 0 N–H and O–H groups in total. The zero-order chi connectivity index (χ0) is 18.6. The van der Waals surface area contributed by atoms with Crippen molar-refractivity contribution in [2.24, 2.45) is 5.92 Å². The minimum absolute atomic E-state index is 0.791. The predicted octanol–water partition coefficient (Wildman–Crippen LogP) is 9.05. The summed E-state index contributed by atoms with van der Waals surface area (Å²) in [5, 5.41) is 0. The summed E-state index contributed by atoms with van der Waals surface area (Å²) >= 11 is 3.97. The smallest absolute Gasteiger partial charge is 0.0460 e. The quantitative estimate of drug-likeness (QED) is 0.349. The maximum Gasteiger partial charge on any atom is 0.0460 e. The molecule has 0 radical (unpaired) electrons. The van der Waals surface area contributed by atoms with Crippen molar-refractivity contribution in [3.05, 3.63) is 46.8 Å². The third-order valence-electron chi connectivity index (χ3n) is 6.38. The topological polar surface area (TPSA) is 0 Å². The molecule has 144 valence electrons. The van der Waals surface area contributed by atoms with E-state index >= 15 is 0 Å². The van der Waals surface area contributed by atoms with Gasteiger partial charge in [0.1, 0.15) is 0 Å². The van der Waals surface area contributed by atoms with Crippen LogP contribution in [0.3, 0.4) is 0 Å². The van der Waals surface area contributed by atoms with E-state index in [9.17, 15) is 0 Å². The second kappa shape index (κ2) is 8.92. The van der Waals surface area contributed by atoms with Crippen molar-refractivity contribution in [1.82, 2.24) is 0 Å². The summed E-state index contributed by atoms with van der Waals surface area (Å²) in [6.07, 6.45) is 12.2. The van der Waals surface area contributed by atoms with E-state index in [-0.39, 0.29) is 0 Å². The first-order valence-electron chi connectivity index (χ1n) is 10.9. The van der Waals surface area contributed by atoms with E-state index < -0.39 is 0 Å². The summed E-state index contributed by atoms with van der Waals surface area (Å²) in [5.41, 5.74) is 2.95. The monoisotopic (exact) mass is 396 g/mol. The fourth-order valence-corrected chi connectivity index (χ4v) is 6.99. The number of thiophene rings is 2. The Morgan fingerprint density at radius 3 is 2.26 bits per heavy atom. The molecule has 27 heavy (non-hydrogen) atoms. The Labute approximate surface area is 172 Å². The van der Waals surface area contributed by atoms with Crippen molar-refractivity contribution < 1.29 is 0 Å². The van der Waals surface area contributed by atoms with Crippen LogP contribution in [0.4, 0.5) is 0 Å². The fourth-order valence-electron chi connectivity index (χ4n) is 4.52. The summed E-state index contributed by atoms with van der Waals surface area (Å²) in [6.45, 7) is 4.63. The van der Waals surface area contributed by atoms with E-state index in [4.69, 9.17) is 0 Å². The molecule has 1 fully saturated rings. The number of benzene rings is 1. The highest BCUT2D eigenvalue weighted by Gasteiger charge is 2.21. The molecule has 0 unspecified atom stereocenters. The average molecular weight is 397 g/mol.